The third-order valence-electron chi connectivity index (χ3n) is 4.32. The van der Waals surface area contributed by atoms with Gasteiger partial charge in [0, 0.05) is 7.11 Å². The number of halogens is 1. The van der Waals surface area contributed by atoms with E-state index in [0.29, 0.717) is 3.57 Å². The SMILES string of the molecule is CCCc1nc(C2(OC)CCC(C)CC2)[nH]c(=O)c1I. The summed E-state index contributed by atoms with van der Waals surface area (Å²) in [6.07, 6.45) is 5.92. The number of aromatic amines is 1. The van der Waals surface area contributed by atoms with Crippen LogP contribution in [0.5, 0.6) is 0 Å². The molecule has 1 fully saturated rings. The van der Waals surface area contributed by atoms with E-state index in [1.165, 1.54) is 0 Å². The van der Waals surface area contributed by atoms with Crippen LogP contribution in [-0.4, -0.2) is 17.1 Å². The van der Waals surface area contributed by atoms with Crippen LogP contribution >= 0.6 is 22.6 Å². The van der Waals surface area contributed by atoms with Gasteiger partial charge in [-0.2, -0.15) is 0 Å². The minimum absolute atomic E-state index is 0.0332. The number of nitrogens with one attached hydrogen (secondary N) is 1. The molecule has 0 spiro atoms. The summed E-state index contributed by atoms with van der Waals surface area (Å²) in [7, 11) is 1.73. The highest BCUT2D eigenvalue weighted by molar-refractivity contribution is 14.1. The van der Waals surface area contributed by atoms with Crippen LogP contribution in [-0.2, 0) is 16.8 Å². The van der Waals surface area contributed by atoms with Crippen molar-refractivity contribution >= 4 is 22.6 Å². The van der Waals surface area contributed by atoms with E-state index in [-0.39, 0.29) is 5.56 Å². The van der Waals surface area contributed by atoms with Gasteiger partial charge in [0.1, 0.15) is 11.4 Å². The monoisotopic (exact) mass is 390 g/mol. The molecule has 1 aromatic heterocycles. The maximum Gasteiger partial charge on any atom is 0.264 e. The highest BCUT2D eigenvalue weighted by Gasteiger charge is 2.38. The van der Waals surface area contributed by atoms with Crippen LogP contribution in [0.3, 0.4) is 0 Å². The van der Waals surface area contributed by atoms with Gasteiger partial charge in [0.25, 0.3) is 5.56 Å². The quantitative estimate of drug-likeness (QED) is 0.803. The molecule has 0 unspecified atom stereocenters. The number of H-pyrrole nitrogens is 1. The fraction of sp³-hybridized carbons (Fsp3) is 0.733. The molecule has 0 atom stereocenters. The first kappa shape index (κ1) is 15.9. The number of nitrogens with zero attached hydrogens (tertiary/aromatic N) is 1. The van der Waals surface area contributed by atoms with E-state index in [0.717, 1.165) is 56.0 Å². The van der Waals surface area contributed by atoms with Crippen molar-refractivity contribution in [3.05, 3.63) is 25.4 Å². The van der Waals surface area contributed by atoms with Gasteiger partial charge in [0.05, 0.1) is 9.26 Å². The number of aryl methyl sites for hydroxylation is 1. The number of ether oxygens (including phenoxy) is 1. The van der Waals surface area contributed by atoms with Gasteiger partial charge in [0.15, 0.2) is 0 Å². The molecule has 1 N–H and O–H groups in total. The van der Waals surface area contributed by atoms with Crippen LogP contribution in [0.1, 0.15) is 57.5 Å². The van der Waals surface area contributed by atoms with Crippen LogP contribution in [0.4, 0.5) is 0 Å². The van der Waals surface area contributed by atoms with Crippen molar-refractivity contribution in [2.24, 2.45) is 5.92 Å². The van der Waals surface area contributed by atoms with Crippen molar-refractivity contribution in [1.29, 1.82) is 0 Å². The zero-order chi connectivity index (χ0) is 14.8. The summed E-state index contributed by atoms with van der Waals surface area (Å²) in [5.74, 6) is 1.45. The zero-order valence-corrected chi connectivity index (χ0v) is 14.6. The van der Waals surface area contributed by atoms with Crippen LogP contribution in [0.25, 0.3) is 0 Å². The predicted octanol–water partition coefficient (Wildman–Crippen LogP) is 3.38. The van der Waals surface area contributed by atoms with Crippen LogP contribution in [0.2, 0.25) is 0 Å². The second kappa shape index (κ2) is 6.56. The maximum absolute atomic E-state index is 12.1. The van der Waals surface area contributed by atoms with Gasteiger partial charge in [-0.3, -0.25) is 4.79 Å². The second-order valence-electron chi connectivity index (χ2n) is 5.81. The predicted molar refractivity (Wildman–Crippen MR) is 87.9 cm³/mol. The van der Waals surface area contributed by atoms with Gasteiger partial charge >= 0.3 is 0 Å². The fourth-order valence-electron chi connectivity index (χ4n) is 2.89. The lowest BCUT2D eigenvalue weighted by Gasteiger charge is -2.37. The lowest BCUT2D eigenvalue weighted by molar-refractivity contribution is -0.0600. The number of rotatable bonds is 4. The Hall–Kier alpha value is -0.430. The first-order chi connectivity index (χ1) is 9.52. The Morgan fingerprint density at radius 3 is 2.65 bits per heavy atom. The molecule has 0 radical (unpaired) electrons. The van der Waals surface area contributed by atoms with E-state index in [4.69, 9.17) is 9.72 Å². The largest absolute Gasteiger partial charge is 0.370 e. The smallest absolute Gasteiger partial charge is 0.264 e. The number of hydrogen-bond acceptors (Lipinski definition) is 3. The Morgan fingerprint density at radius 1 is 1.45 bits per heavy atom. The lowest BCUT2D eigenvalue weighted by atomic mass is 9.79. The van der Waals surface area contributed by atoms with Gasteiger partial charge in [-0.15, -0.1) is 0 Å². The summed E-state index contributed by atoms with van der Waals surface area (Å²) < 4.78 is 6.52. The Balaban J connectivity index is 2.42. The molecule has 0 aromatic carbocycles. The average molecular weight is 390 g/mol. The van der Waals surface area contributed by atoms with Crippen LogP contribution < -0.4 is 5.56 Å². The minimum Gasteiger partial charge on any atom is -0.370 e. The Morgan fingerprint density at radius 2 is 2.10 bits per heavy atom. The Labute approximate surface area is 133 Å². The second-order valence-corrected chi connectivity index (χ2v) is 6.88. The average Bonchev–Trinajstić information content (AvgIpc) is 2.45. The summed E-state index contributed by atoms with van der Waals surface area (Å²) in [6, 6.07) is 0. The van der Waals surface area contributed by atoms with E-state index in [1.807, 2.05) is 0 Å². The summed E-state index contributed by atoms with van der Waals surface area (Å²) in [6.45, 7) is 4.37. The first-order valence-electron chi connectivity index (χ1n) is 7.36. The van der Waals surface area contributed by atoms with Gasteiger partial charge in [-0.25, -0.2) is 4.98 Å². The normalized spacial score (nSPS) is 26.7. The molecule has 5 heteroatoms. The third-order valence-corrected chi connectivity index (χ3v) is 5.43. The first-order valence-corrected chi connectivity index (χ1v) is 8.44. The van der Waals surface area contributed by atoms with Gasteiger partial charge in [-0.1, -0.05) is 20.3 Å². The molecule has 20 heavy (non-hydrogen) atoms. The summed E-state index contributed by atoms with van der Waals surface area (Å²) >= 11 is 2.09. The third kappa shape index (κ3) is 3.08. The van der Waals surface area contributed by atoms with Crippen molar-refractivity contribution in [1.82, 2.24) is 9.97 Å². The Bertz CT molecular complexity index is 519. The molecule has 0 amide bonds. The molecular formula is C15H23IN2O2. The number of hydrogen-bond donors (Lipinski definition) is 1. The van der Waals surface area contributed by atoms with Gasteiger partial charge in [-0.05, 0) is 60.6 Å². The molecule has 1 saturated carbocycles. The van der Waals surface area contributed by atoms with Gasteiger partial charge in [0.2, 0.25) is 0 Å². The molecular weight excluding hydrogens is 367 g/mol. The van der Waals surface area contributed by atoms with E-state index in [9.17, 15) is 4.79 Å². The molecule has 4 nitrogen and oxygen atoms in total. The molecule has 112 valence electrons. The fourth-order valence-corrected chi connectivity index (χ4v) is 3.41. The zero-order valence-electron chi connectivity index (χ0n) is 12.5. The highest BCUT2D eigenvalue weighted by atomic mass is 127. The summed E-state index contributed by atoms with van der Waals surface area (Å²) in [5.41, 5.74) is 0.467. The summed E-state index contributed by atoms with van der Waals surface area (Å²) in [4.78, 5) is 19.8. The maximum atomic E-state index is 12.1. The van der Waals surface area contributed by atoms with E-state index in [1.54, 1.807) is 7.11 Å². The van der Waals surface area contributed by atoms with Crippen molar-refractivity contribution in [2.75, 3.05) is 7.11 Å². The molecule has 0 saturated heterocycles. The number of aromatic nitrogens is 2. The summed E-state index contributed by atoms with van der Waals surface area (Å²) in [5, 5.41) is 0. The molecule has 0 bridgehead atoms. The standard InChI is InChI=1S/C15H23IN2O2/c1-4-5-11-12(16)13(19)18-14(17-11)15(20-3)8-6-10(2)7-9-15/h10H,4-9H2,1-3H3,(H,17,18,19). The van der Waals surface area contributed by atoms with Crippen molar-refractivity contribution in [2.45, 2.75) is 58.0 Å². The van der Waals surface area contributed by atoms with Crippen molar-refractivity contribution < 1.29 is 4.74 Å². The minimum atomic E-state index is -0.404. The van der Waals surface area contributed by atoms with Crippen LogP contribution in [0.15, 0.2) is 4.79 Å². The Kier molecular flexibility index (Phi) is 5.23. The van der Waals surface area contributed by atoms with Crippen molar-refractivity contribution in [3.8, 4) is 0 Å². The van der Waals surface area contributed by atoms with Gasteiger partial charge < -0.3 is 9.72 Å². The molecule has 1 aliphatic rings. The molecule has 1 aromatic rings. The molecule has 1 aliphatic carbocycles. The van der Waals surface area contributed by atoms with E-state index >= 15 is 0 Å². The van der Waals surface area contributed by atoms with E-state index in [2.05, 4.69) is 41.4 Å². The molecule has 2 rings (SSSR count). The molecule has 0 aliphatic heterocycles. The number of methoxy groups -OCH3 is 1. The highest BCUT2D eigenvalue weighted by Crippen LogP contribution is 2.40. The van der Waals surface area contributed by atoms with E-state index < -0.39 is 5.60 Å². The lowest BCUT2D eigenvalue weighted by Crippen LogP contribution is -2.37. The van der Waals surface area contributed by atoms with Crippen molar-refractivity contribution in [3.63, 3.8) is 0 Å². The van der Waals surface area contributed by atoms with Crippen LogP contribution in [0, 0.1) is 9.49 Å². The topological polar surface area (TPSA) is 55.0 Å². The molecule has 1 heterocycles.